The topological polar surface area (TPSA) is 35.5 Å². The second-order valence-electron chi connectivity index (χ2n) is 4.18. The van der Waals surface area contributed by atoms with Gasteiger partial charge in [0.2, 0.25) is 0 Å². The van der Waals surface area contributed by atoms with Crippen molar-refractivity contribution in [3.63, 3.8) is 0 Å². The monoisotopic (exact) mass is 388 g/mol. The van der Waals surface area contributed by atoms with Crippen LogP contribution in [0.15, 0.2) is 34.8 Å². The molecule has 0 unspecified atom stereocenters. The summed E-state index contributed by atoms with van der Waals surface area (Å²) in [6.45, 7) is 0.255. The average Bonchev–Trinajstić information content (AvgIpc) is 2.46. The summed E-state index contributed by atoms with van der Waals surface area (Å²) >= 11 is 15.3. The summed E-state index contributed by atoms with van der Waals surface area (Å²) in [7, 11) is 1.51. The molecule has 0 saturated heterocycles. The summed E-state index contributed by atoms with van der Waals surface area (Å²) < 4.78 is 11.6. The van der Waals surface area contributed by atoms with E-state index >= 15 is 0 Å². The van der Waals surface area contributed by atoms with Crippen molar-refractivity contribution in [2.45, 2.75) is 6.61 Å². The van der Waals surface area contributed by atoms with E-state index in [1.807, 2.05) is 0 Å². The van der Waals surface area contributed by atoms with Crippen LogP contribution in [-0.2, 0) is 6.61 Å². The summed E-state index contributed by atoms with van der Waals surface area (Å²) in [6.07, 6.45) is 0.743. The molecular weight excluding hydrogens is 379 g/mol. The van der Waals surface area contributed by atoms with Gasteiger partial charge in [0.05, 0.1) is 11.6 Å². The number of halogens is 3. The van der Waals surface area contributed by atoms with Gasteiger partial charge >= 0.3 is 0 Å². The normalized spacial score (nSPS) is 10.3. The van der Waals surface area contributed by atoms with E-state index in [0.29, 0.717) is 31.6 Å². The predicted octanol–water partition coefficient (Wildman–Crippen LogP) is 5.16. The van der Waals surface area contributed by atoms with Gasteiger partial charge in [-0.2, -0.15) is 0 Å². The summed E-state index contributed by atoms with van der Waals surface area (Å²) in [5.41, 5.74) is 1.30. The Bertz CT molecular complexity index is 674. The Balaban J connectivity index is 2.25. The molecule has 2 aromatic rings. The van der Waals surface area contributed by atoms with E-state index in [9.17, 15) is 4.79 Å². The molecule has 0 saturated carbocycles. The van der Waals surface area contributed by atoms with Crippen LogP contribution >= 0.6 is 39.1 Å². The fourth-order valence-electron chi connectivity index (χ4n) is 1.74. The van der Waals surface area contributed by atoms with Gasteiger partial charge in [-0.1, -0.05) is 29.3 Å². The molecule has 0 heterocycles. The van der Waals surface area contributed by atoms with E-state index in [2.05, 4.69) is 15.9 Å². The molecule has 0 spiro atoms. The largest absolute Gasteiger partial charge is 0.493 e. The Kier molecular flexibility index (Phi) is 5.51. The van der Waals surface area contributed by atoms with Crippen LogP contribution in [0.3, 0.4) is 0 Å². The number of benzene rings is 2. The zero-order chi connectivity index (χ0) is 15.4. The van der Waals surface area contributed by atoms with E-state index in [-0.39, 0.29) is 6.61 Å². The zero-order valence-electron chi connectivity index (χ0n) is 11.0. The first kappa shape index (κ1) is 16.1. The molecule has 110 valence electrons. The van der Waals surface area contributed by atoms with E-state index in [0.717, 1.165) is 11.8 Å². The Morgan fingerprint density at radius 1 is 1.24 bits per heavy atom. The molecule has 0 aliphatic rings. The SMILES string of the molecule is COc1cc(C=O)cc(Br)c1OCc1ccc(Cl)cc1Cl. The van der Waals surface area contributed by atoms with Gasteiger partial charge in [-0.15, -0.1) is 0 Å². The minimum absolute atomic E-state index is 0.255. The maximum atomic E-state index is 10.8. The molecule has 0 fully saturated rings. The van der Waals surface area contributed by atoms with Crippen LogP contribution in [-0.4, -0.2) is 13.4 Å². The molecular formula is C15H11BrCl2O3. The third kappa shape index (κ3) is 3.90. The van der Waals surface area contributed by atoms with Gasteiger partial charge in [-0.25, -0.2) is 0 Å². The fraction of sp³-hybridized carbons (Fsp3) is 0.133. The third-order valence-corrected chi connectivity index (χ3v) is 3.95. The quantitative estimate of drug-likeness (QED) is 0.663. The molecule has 0 amide bonds. The molecule has 0 aliphatic carbocycles. The van der Waals surface area contributed by atoms with Crippen LogP contribution in [0.4, 0.5) is 0 Å². The maximum absolute atomic E-state index is 10.8. The lowest BCUT2D eigenvalue weighted by molar-refractivity contribution is 0.112. The second kappa shape index (κ2) is 7.16. The Morgan fingerprint density at radius 2 is 2.00 bits per heavy atom. The van der Waals surface area contributed by atoms with E-state index in [4.69, 9.17) is 32.7 Å². The highest BCUT2D eigenvalue weighted by Gasteiger charge is 2.12. The van der Waals surface area contributed by atoms with Gasteiger partial charge in [0.1, 0.15) is 12.9 Å². The molecule has 2 rings (SSSR count). The first-order valence-electron chi connectivity index (χ1n) is 5.94. The number of carbonyl (C=O) groups is 1. The Morgan fingerprint density at radius 3 is 2.62 bits per heavy atom. The number of hydrogen-bond acceptors (Lipinski definition) is 3. The van der Waals surface area contributed by atoms with E-state index in [1.54, 1.807) is 30.3 Å². The van der Waals surface area contributed by atoms with Crippen LogP contribution in [0, 0.1) is 0 Å². The van der Waals surface area contributed by atoms with Crippen LogP contribution in [0.25, 0.3) is 0 Å². The molecule has 21 heavy (non-hydrogen) atoms. The van der Waals surface area contributed by atoms with Gasteiger partial charge in [-0.3, -0.25) is 4.79 Å². The summed E-state index contributed by atoms with van der Waals surface area (Å²) in [5.74, 6) is 0.977. The van der Waals surface area contributed by atoms with Gasteiger partial charge in [0, 0.05) is 21.2 Å². The van der Waals surface area contributed by atoms with Crippen molar-refractivity contribution in [3.8, 4) is 11.5 Å². The van der Waals surface area contributed by atoms with Gasteiger partial charge in [0.15, 0.2) is 11.5 Å². The summed E-state index contributed by atoms with van der Waals surface area (Å²) in [5, 5.41) is 1.10. The van der Waals surface area contributed by atoms with Crippen LogP contribution in [0.1, 0.15) is 15.9 Å². The number of rotatable bonds is 5. The standard InChI is InChI=1S/C15H11BrCl2O3/c1-20-14-5-9(7-19)4-12(16)15(14)21-8-10-2-3-11(17)6-13(10)18/h2-7H,8H2,1H3. The summed E-state index contributed by atoms with van der Waals surface area (Å²) in [4.78, 5) is 10.8. The molecule has 0 aromatic heterocycles. The number of ether oxygens (including phenoxy) is 2. The molecule has 0 aliphatic heterocycles. The predicted molar refractivity (Wildman–Crippen MR) is 86.9 cm³/mol. The lowest BCUT2D eigenvalue weighted by Crippen LogP contribution is -2.00. The molecule has 6 heteroatoms. The molecule has 0 bridgehead atoms. The smallest absolute Gasteiger partial charge is 0.175 e. The molecule has 2 aromatic carbocycles. The van der Waals surface area contributed by atoms with Crippen molar-refractivity contribution in [2.75, 3.05) is 7.11 Å². The zero-order valence-corrected chi connectivity index (χ0v) is 14.1. The number of methoxy groups -OCH3 is 1. The highest BCUT2D eigenvalue weighted by molar-refractivity contribution is 9.10. The number of hydrogen-bond donors (Lipinski definition) is 0. The minimum atomic E-state index is 0.255. The Hall–Kier alpha value is -1.23. The van der Waals surface area contributed by atoms with Crippen molar-refractivity contribution in [3.05, 3.63) is 56.0 Å². The lowest BCUT2D eigenvalue weighted by atomic mass is 10.2. The molecule has 0 N–H and O–H groups in total. The molecule has 0 radical (unpaired) electrons. The highest BCUT2D eigenvalue weighted by atomic mass is 79.9. The third-order valence-electron chi connectivity index (χ3n) is 2.77. The fourth-order valence-corrected chi connectivity index (χ4v) is 2.77. The first-order valence-corrected chi connectivity index (χ1v) is 7.49. The molecule has 0 atom stereocenters. The number of aldehydes is 1. The maximum Gasteiger partial charge on any atom is 0.175 e. The summed E-state index contributed by atoms with van der Waals surface area (Å²) in [6, 6.07) is 8.47. The number of carbonyl (C=O) groups excluding carboxylic acids is 1. The van der Waals surface area contributed by atoms with Crippen molar-refractivity contribution in [2.24, 2.45) is 0 Å². The Labute approximate surface area is 140 Å². The lowest BCUT2D eigenvalue weighted by Gasteiger charge is -2.14. The van der Waals surface area contributed by atoms with E-state index < -0.39 is 0 Å². The van der Waals surface area contributed by atoms with Gasteiger partial charge in [-0.05, 0) is 40.2 Å². The van der Waals surface area contributed by atoms with Gasteiger partial charge in [0.25, 0.3) is 0 Å². The van der Waals surface area contributed by atoms with Crippen LogP contribution in [0.2, 0.25) is 10.0 Å². The molecule has 3 nitrogen and oxygen atoms in total. The van der Waals surface area contributed by atoms with Gasteiger partial charge < -0.3 is 9.47 Å². The average molecular weight is 390 g/mol. The second-order valence-corrected chi connectivity index (χ2v) is 5.87. The van der Waals surface area contributed by atoms with Crippen LogP contribution < -0.4 is 9.47 Å². The highest BCUT2D eigenvalue weighted by Crippen LogP contribution is 2.37. The minimum Gasteiger partial charge on any atom is -0.493 e. The van der Waals surface area contributed by atoms with Crippen molar-refractivity contribution in [1.29, 1.82) is 0 Å². The first-order chi connectivity index (χ1) is 10.0. The van der Waals surface area contributed by atoms with Crippen molar-refractivity contribution >= 4 is 45.4 Å². The van der Waals surface area contributed by atoms with Crippen molar-refractivity contribution in [1.82, 2.24) is 0 Å². The van der Waals surface area contributed by atoms with Crippen molar-refractivity contribution < 1.29 is 14.3 Å². The van der Waals surface area contributed by atoms with E-state index in [1.165, 1.54) is 7.11 Å². The van der Waals surface area contributed by atoms with Crippen LogP contribution in [0.5, 0.6) is 11.5 Å².